The van der Waals surface area contributed by atoms with E-state index in [1.807, 2.05) is 0 Å². The maximum atomic E-state index is 14.2. The van der Waals surface area contributed by atoms with Gasteiger partial charge in [0.25, 0.3) is 0 Å². The van der Waals surface area contributed by atoms with Gasteiger partial charge in [-0.2, -0.15) is 0 Å². The van der Waals surface area contributed by atoms with Gasteiger partial charge in [0, 0.05) is 17.0 Å². The molecule has 0 unspecified atom stereocenters. The number of carboxylic acids is 1. The first kappa shape index (κ1) is 13.6. The van der Waals surface area contributed by atoms with E-state index in [1.165, 1.54) is 14.2 Å². The summed E-state index contributed by atoms with van der Waals surface area (Å²) in [6.07, 6.45) is 0.560. The van der Waals surface area contributed by atoms with Gasteiger partial charge in [-0.1, -0.05) is 0 Å². The van der Waals surface area contributed by atoms with Crippen molar-refractivity contribution in [2.75, 3.05) is 14.2 Å². The lowest BCUT2D eigenvalue weighted by Gasteiger charge is -2.18. The molecule has 1 aliphatic carbocycles. The molecule has 0 bridgehead atoms. The monoisotopic (exact) mass is 272 g/mol. The minimum absolute atomic E-state index is 0.148. The van der Waals surface area contributed by atoms with Crippen molar-refractivity contribution in [3.63, 3.8) is 0 Å². The molecule has 4 nitrogen and oxygen atoms in total. The number of hydrogen-bond donors (Lipinski definition) is 1. The molecule has 19 heavy (non-hydrogen) atoms. The van der Waals surface area contributed by atoms with E-state index in [2.05, 4.69) is 0 Å². The zero-order valence-corrected chi connectivity index (χ0v) is 10.6. The molecule has 0 amide bonds. The molecule has 0 radical (unpaired) electrons. The highest BCUT2D eigenvalue weighted by molar-refractivity contribution is 5.70. The van der Waals surface area contributed by atoms with Crippen LogP contribution in [0.5, 0.6) is 11.5 Å². The van der Waals surface area contributed by atoms with Crippen LogP contribution in [0.25, 0.3) is 0 Å². The Hall–Kier alpha value is -1.85. The molecule has 104 valence electrons. The molecule has 1 N–H and O–H groups in total. The van der Waals surface area contributed by atoms with E-state index in [-0.39, 0.29) is 23.5 Å². The van der Waals surface area contributed by atoms with Crippen LogP contribution in [0.2, 0.25) is 0 Å². The van der Waals surface area contributed by atoms with Gasteiger partial charge in [-0.25, -0.2) is 8.78 Å². The fourth-order valence-corrected chi connectivity index (χ4v) is 2.31. The molecule has 1 aromatic rings. The van der Waals surface area contributed by atoms with Gasteiger partial charge < -0.3 is 14.6 Å². The summed E-state index contributed by atoms with van der Waals surface area (Å²) in [6.45, 7) is 0. The average molecular weight is 272 g/mol. The molecule has 0 atom stereocenters. The molecule has 1 saturated carbocycles. The second-order valence-corrected chi connectivity index (χ2v) is 4.63. The maximum absolute atomic E-state index is 14.2. The Balaban J connectivity index is 2.58. The predicted octanol–water partition coefficient (Wildman–Crippen LogP) is 2.49. The van der Waals surface area contributed by atoms with Crippen molar-refractivity contribution >= 4 is 5.97 Å². The summed E-state index contributed by atoms with van der Waals surface area (Å²) >= 11 is 0. The lowest BCUT2D eigenvalue weighted by molar-refractivity contribution is -0.137. The Labute approximate surface area is 108 Å². The molecule has 0 saturated heterocycles. The van der Waals surface area contributed by atoms with Crippen LogP contribution in [0.4, 0.5) is 8.78 Å². The molecular weight excluding hydrogens is 258 g/mol. The van der Waals surface area contributed by atoms with E-state index in [0.717, 1.165) is 6.07 Å². The average Bonchev–Trinajstić information content (AvgIpc) is 3.09. The van der Waals surface area contributed by atoms with Crippen LogP contribution < -0.4 is 9.47 Å². The SMILES string of the molecule is COc1cc(OC)c(F)c(C2(CC(=O)O)CC2)c1F. The number of hydrogen-bond acceptors (Lipinski definition) is 3. The van der Waals surface area contributed by atoms with Crippen molar-refractivity contribution in [2.45, 2.75) is 24.7 Å². The van der Waals surface area contributed by atoms with Crippen LogP contribution in [-0.2, 0) is 10.2 Å². The minimum Gasteiger partial charge on any atom is -0.494 e. The van der Waals surface area contributed by atoms with E-state index in [4.69, 9.17) is 14.6 Å². The number of aliphatic carboxylic acids is 1. The summed E-state index contributed by atoms with van der Waals surface area (Å²) < 4.78 is 38.1. The van der Waals surface area contributed by atoms with Gasteiger partial charge in [0.1, 0.15) is 0 Å². The second-order valence-electron chi connectivity index (χ2n) is 4.63. The summed E-state index contributed by atoms with van der Waals surface area (Å²) in [5.74, 6) is -3.08. The van der Waals surface area contributed by atoms with Crippen molar-refractivity contribution in [1.29, 1.82) is 0 Å². The highest BCUT2D eigenvalue weighted by atomic mass is 19.1. The Bertz CT molecular complexity index is 496. The predicted molar refractivity (Wildman–Crippen MR) is 62.6 cm³/mol. The molecule has 6 heteroatoms. The quantitative estimate of drug-likeness (QED) is 0.894. The third kappa shape index (κ3) is 2.22. The zero-order chi connectivity index (χ0) is 14.2. The van der Waals surface area contributed by atoms with E-state index < -0.39 is 23.0 Å². The topological polar surface area (TPSA) is 55.8 Å². The number of methoxy groups -OCH3 is 2. The minimum atomic E-state index is -1.09. The lowest BCUT2D eigenvalue weighted by atomic mass is 9.90. The van der Waals surface area contributed by atoms with Gasteiger partial charge in [0.15, 0.2) is 23.1 Å². The lowest BCUT2D eigenvalue weighted by Crippen LogP contribution is -2.18. The van der Waals surface area contributed by atoms with Gasteiger partial charge >= 0.3 is 5.97 Å². The molecular formula is C13H14F2O4. The van der Waals surface area contributed by atoms with Crippen LogP contribution in [0.1, 0.15) is 24.8 Å². The van der Waals surface area contributed by atoms with Gasteiger partial charge in [-0.3, -0.25) is 4.79 Å². The Morgan fingerprint density at radius 1 is 1.26 bits per heavy atom. The van der Waals surface area contributed by atoms with Gasteiger partial charge in [0.2, 0.25) is 0 Å². The van der Waals surface area contributed by atoms with Crippen LogP contribution in [0, 0.1) is 11.6 Å². The van der Waals surface area contributed by atoms with E-state index in [0.29, 0.717) is 12.8 Å². The zero-order valence-electron chi connectivity index (χ0n) is 10.6. The van der Waals surface area contributed by atoms with E-state index in [1.54, 1.807) is 0 Å². The van der Waals surface area contributed by atoms with E-state index in [9.17, 15) is 13.6 Å². The summed E-state index contributed by atoms with van der Waals surface area (Å²) in [5.41, 5.74) is -1.23. The summed E-state index contributed by atoms with van der Waals surface area (Å²) in [5, 5.41) is 8.88. The number of carboxylic acid groups (broad SMARTS) is 1. The summed E-state index contributed by atoms with van der Waals surface area (Å²) in [7, 11) is 2.52. The summed E-state index contributed by atoms with van der Waals surface area (Å²) in [6, 6.07) is 1.12. The first-order chi connectivity index (χ1) is 8.95. The van der Waals surface area contributed by atoms with E-state index >= 15 is 0 Å². The summed E-state index contributed by atoms with van der Waals surface area (Å²) in [4.78, 5) is 10.9. The third-order valence-electron chi connectivity index (χ3n) is 3.45. The second kappa shape index (κ2) is 4.68. The van der Waals surface area contributed by atoms with Gasteiger partial charge in [0.05, 0.1) is 20.6 Å². The van der Waals surface area contributed by atoms with Crippen molar-refractivity contribution in [2.24, 2.45) is 0 Å². The van der Waals surface area contributed by atoms with Crippen LogP contribution in [-0.4, -0.2) is 25.3 Å². The van der Waals surface area contributed by atoms with Crippen LogP contribution in [0.3, 0.4) is 0 Å². The first-order valence-electron chi connectivity index (χ1n) is 5.77. The van der Waals surface area contributed by atoms with Gasteiger partial charge in [-0.05, 0) is 12.8 Å². The fraction of sp³-hybridized carbons (Fsp3) is 0.462. The Morgan fingerprint density at radius 2 is 1.74 bits per heavy atom. The molecule has 1 aliphatic rings. The number of benzene rings is 1. The fourth-order valence-electron chi connectivity index (χ4n) is 2.31. The number of rotatable bonds is 5. The van der Waals surface area contributed by atoms with Crippen molar-refractivity contribution in [3.05, 3.63) is 23.3 Å². The van der Waals surface area contributed by atoms with Crippen molar-refractivity contribution in [3.8, 4) is 11.5 Å². The largest absolute Gasteiger partial charge is 0.494 e. The smallest absolute Gasteiger partial charge is 0.304 e. The number of halogens is 2. The van der Waals surface area contributed by atoms with Crippen LogP contribution in [0.15, 0.2) is 6.07 Å². The molecule has 2 rings (SSSR count). The van der Waals surface area contributed by atoms with Crippen LogP contribution >= 0.6 is 0 Å². The Kier molecular flexibility index (Phi) is 3.34. The normalized spacial score (nSPS) is 16.0. The van der Waals surface area contributed by atoms with Crippen molar-refractivity contribution < 1.29 is 28.2 Å². The third-order valence-corrected chi connectivity index (χ3v) is 3.45. The number of carbonyl (C=O) groups is 1. The maximum Gasteiger partial charge on any atom is 0.304 e. The Morgan fingerprint density at radius 3 is 2.05 bits per heavy atom. The molecule has 1 fully saturated rings. The molecule has 0 heterocycles. The van der Waals surface area contributed by atoms with Crippen molar-refractivity contribution in [1.82, 2.24) is 0 Å². The standard InChI is InChI=1S/C13H14F2O4/c1-18-7-5-8(19-2)12(15)10(11(7)14)13(3-4-13)6-9(16)17/h5H,3-4,6H2,1-2H3,(H,16,17). The highest BCUT2D eigenvalue weighted by Gasteiger charge is 2.50. The molecule has 0 aliphatic heterocycles. The first-order valence-corrected chi connectivity index (χ1v) is 5.77. The molecule has 1 aromatic carbocycles. The highest BCUT2D eigenvalue weighted by Crippen LogP contribution is 2.54. The van der Waals surface area contributed by atoms with Gasteiger partial charge in [-0.15, -0.1) is 0 Å². The molecule has 0 aromatic heterocycles. The molecule has 0 spiro atoms. The number of ether oxygens (including phenoxy) is 2.